The van der Waals surface area contributed by atoms with Crippen LogP contribution in [0.4, 0.5) is 0 Å². The first-order valence-corrected chi connectivity index (χ1v) is 14.4. The monoisotopic (exact) mass is 499 g/mol. The largest absolute Gasteiger partial charge is 0.287 e. The second kappa shape index (κ2) is 9.72. The smallest absolute Gasteiger partial charge is 0.223 e. The van der Waals surface area contributed by atoms with Crippen LogP contribution in [0.1, 0.15) is 11.3 Å². The van der Waals surface area contributed by atoms with E-state index in [0.29, 0.717) is 0 Å². The highest BCUT2D eigenvalue weighted by molar-refractivity contribution is 8.25. The fourth-order valence-electron chi connectivity index (χ4n) is 4.48. The number of nitrogens with zero attached hydrogens (tertiary/aromatic N) is 2. The maximum Gasteiger partial charge on any atom is 0.287 e. The number of aromatic nitrogens is 2. The third kappa shape index (κ3) is 4.16. The van der Waals surface area contributed by atoms with E-state index in [-0.39, 0.29) is 0 Å². The molecule has 3 aromatic carbocycles. The van der Waals surface area contributed by atoms with E-state index in [4.69, 9.17) is 23.4 Å². The van der Waals surface area contributed by atoms with Crippen LogP contribution in [0.15, 0.2) is 115 Å². The Kier molecular flexibility index (Phi) is 6.52. The molecule has 0 bridgehead atoms. The lowest BCUT2D eigenvalue weighted by Crippen LogP contribution is -2.42. The van der Waals surface area contributed by atoms with Crippen molar-refractivity contribution in [1.82, 2.24) is 4.57 Å². The first-order valence-electron chi connectivity index (χ1n) is 11.2. The number of halogens is 1. The summed E-state index contributed by atoms with van der Waals surface area (Å²) in [7, 11) is 0. The molecule has 0 spiro atoms. The van der Waals surface area contributed by atoms with Crippen molar-refractivity contribution in [1.29, 1.82) is 0 Å². The number of pyridine rings is 1. The first kappa shape index (κ1) is 22.8. The molecular weight excluding hydrogens is 475 g/mol. The Morgan fingerprint density at radius 3 is 2.15 bits per heavy atom. The maximum atomic E-state index is 6.68. The lowest BCUT2D eigenvalue weighted by atomic mass is 10.2. The molecule has 5 rings (SSSR count). The van der Waals surface area contributed by atoms with Crippen LogP contribution in [-0.2, 0) is 18.4 Å². The summed E-state index contributed by atoms with van der Waals surface area (Å²) in [5.74, 6) is 0. The van der Waals surface area contributed by atoms with E-state index in [1.165, 1.54) is 21.7 Å². The number of benzene rings is 3. The van der Waals surface area contributed by atoms with E-state index in [9.17, 15) is 0 Å². The Hall–Kier alpha value is -2.97. The average Bonchev–Trinajstić information content (AvgIpc) is 3.16. The number of allylic oxidation sites excluding steroid dienone is 1. The van der Waals surface area contributed by atoms with E-state index in [0.717, 1.165) is 22.8 Å². The summed E-state index contributed by atoms with van der Waals surface area (Å²) < 4.78 is 4.65. The van der Waals surface area contributed by atoms with E-state index in [1.807, 2.05) is 18.2 Å². The zero-order chi connectivity index (χ0) is 23.5. The Morgan fingerprint density at radius 1 is 0.853 bits per heavy atom. The third-order valence-electron chi connectivity index (χ3n) is 6.06. The normalized spacial score (nSPS) is 11.9. The predicted octanol–water partition coefficient (Wildman–Crippen LogP) is 5.66. The van der Waals surface area contributed by atoms with Gasteiger partial charge in [-0.3, -0.25) is 0 Å². The van der Waals surface area contributed by atoms with Crippen molar-refractivity contribution in [2.75, 3.05) is 0 Å². The molecule has 2 heterocycles. The Morgan fingerprint density at radius 2 is 1.50 bits per heavy atom. The number of hydrogen-bond acceptors (Lipinski definition) is 1. The molecule has 0 saturated carbocycles. The van der Waals surface area contributed by atoms with Crippen molar-refractivity contribution >= 4 is 57.2 Å². The number of imidazole rings is 1. The minimum Gasteiger partial charge on any atom is -0.223 e. The molecule has 0 aliphatic carbocycles. The van der Waals surface area contributed by atoms with Gasteiger partial charge in [-0.2, -0.15) is 4.40 Å². The molecule has 0 aliphatic rings. The van der Waals surface area contributed by atoms with Crippen molar-refractivity contribution in [2.24, 2.45) is 0 Å². The maximum absolute atomic E-state index is 6.68. The molecule has 0 atom stereocenters. The standard InChI is InChI=1S/C29H25ClN2PS/c1-23-29(33(34,26-15-4-2-5-16-26)27-17-6-3-7-18-27)32-20-9-8-19-28(32)31(23)21-11-13-24-12-10-14-25(30)22-24/h2-20,22H,21H2,1H3/q+1. The zero-order valence-corrected chi connectivity index (χ0v) is 21.3. The van der Waals surface area contributed by atoms with Gasteiger partial charge in [0.2, 0.25) is 0 Å². The molecule has 5 aromatic rings. The van der Waals surface area contributed by atoms with Crippen LogP contribution in [0.5, 0.6) is 0 Å². The first-order chi connectivity index (χ1) is 16.6. The molecule has 34 heavy (non-hydrogen) atoms. The number of rotatable bonds is 6. The molecule has 168 valence electrons. The van der Waals surface area contributed by atoms with E-state index in [2.05, 4.69) is 119 Å². The molecule has 0 saturated heterocycles. The summed E-state index contributed by atoms with van der Waals surface area (Å²) in [6.07, 6.45) is 6.45. The van der Waals surface area contributed by atoms with Gasteiger partial charge in [-0.25, -0.2) is 4.57 Å². The van der Waals surface area contributed by atoms with Crippen molar-refractivity contribution < 1.29 is 4.40 Å². The molecule has 0 unspecified atom stereocenters. The highest BCUT2D eigenvalue weighted by Gasteiger charge is 2.36. The molecule has 5 heteroatoms. The van der Waals surface area contributed by atoms with Crippen LogP contribution in [-0.4, -0.2) is 4.57 Å². The van der Waals surface area contributed by atoms with Crippen molar-refractivity contribution in [3.05, 3.63) is 132 Å². The SMILES string of the molecule is Cc1c(P(=S)(c2ccccc2)c2ccccc2)[n+]2ccccc2n1CC=Cc1cccc(Cl)c1. The minimum absolute atomic E-state index is 0.741. The third-order valence-corrected chi connectivity index (χ3v) is 11.3. The van der Waals surface area contributed by atoms with E-state index in [1.54, 1.807) is 0 Å². The fraction of sp³-hybridized carbons (Fsp3) is 0.0690. The highest BCUT2D eigenvalue weighted by Crippen LogP contribution is 2.42. The molecule has 2 aromatic heterocycles. The quantitative estimate of drug-likeness (QED) is 0.216. The summed E-state index contributed by atoms with van der Waals surface area (Å²) in [5, 5.41) is 3.14. The van der Waals surface area contributed by atoms with Gasteiger partial charge in [0.05, 0.1) is 12.2 Å². The molecule has 0 amide bonds. The summed E-state index contributed by atoms with van der Waals surface area (Å²) in [4.78, 5) is 0. The second-order valence-corrected chi connectivity index (χ2v) is 12.9. The van der Waals surface area contributed by atoms with Crippen LogP contribution in [0, 0.1) is 6.92 Å². The van der Waals surface area contributed by atoms with Gasteiger partial charge in [-0.05, 0) is 40.4 Å². The lowest BCUT2D eigenvalue weighted by Gasteiger charge is -2.21. The fourth-order valence-corrected chi connectivity index (χ4v) is 9.09. The van der Waals surface area contributed by atoms with Gasteiger partial charge in [0.25, 0.3) is 5.65 Å². The Labute approximate surface area is 210 Å². The summed E-state index contributed by atoms with van der Waals surface area (Å²) >= 11 is 12.8. The van der Waals surface area contributed by atoms with Gasteiger partial charge in [-0.15, -0.1) is 0 Å². The van der Waals surface area contributed by atoms with Gasteiger partial charge in [0.1, 0.15) is 12.2 Å². The minimum atomic E-state index is -2.30. The van der Waals surface area contributed by atoms with E-state index >= 15 is 0 Å². The van der Waals surface area contributed by atoms with Gasteiger partial charge in [-0.1, -0.05) is 108 Å². The van der Waals surface area contributed by atoms with Crippen molar-refractivity contribution in [2.45, 2.75) is 13.5 Å². The number of fused-ring (bicyclic) bond motifs is 1. The van der Waals surface area contributed by atoms with Crippen LogP contribution in [0.25, 0.3) is 11.7 Å². The summed E-state index contributed by atoms with van der Waals surface area (Å²) in [6.45, 7) is 2.94. The van der Waals surface area contributed by atoms with Crippen LogP contribution < -0.4 is 20.4 Å². The number of hydrogen-bond donors (Lipinski definition) is 0. The van der Waals surface area contributed by atoms with Crippen LogP contribution in [0.3, 0.4) is 0 Å². The Balaban J connectivity index is 1.69. The highest BCUT2D eigenvalue weighted by atomic mass is 35.5. The van der Waals surface area contributed by atoms with E-state index < -0.39 is 6.04 Å². The molecule has 0 N–H and O–H groups in total. The Bertz CT molecular complexity index is 1480. The lowest BCUT2D eigenvalue weighted by molar-refractivity contribution is -0.490. The van der Waals surface area contributed by atoms with Crippen molar-refractivity contribution in [3.63, 3.8) is 0 Å². The molecule has 0 radical (unpaired) electrons. The molecule has 2 nitrogen and oxygen atoms in total. The molecule has 0 fully saturated rings. The average molecular weight is 500 g/mol. The molecule has 0 aliphatic heterocycles. The van der Waals surface area contributed by atoms with Gasteiger partial charge in [0.15, 0.2) is 5.44 Å². The summed E-state index contributed by atoms with van der Waals surface area (Å²) in [6, 6.07) is 33.1. The van der Waals surface area contributed by atoms with Crippen molar-refractivity contribution in [3.8, 4) is 0 Å². The van der Waals surface area contributed by atoms with Crippen LogP contribution in [0.2, 0.25) is 5.02 Å². The predicted molar refractivity (Wildman–Crippen MR) is 149 cm³/mol. The van der Waals surface area contributed by atoms with Crippen LogP contribution >= 0.6 is 17.6 Å². The van der Waals surface area contributed by atoms with Gasteiger partial charge in [0, 0.05) is 18.0 Å². The topological polar surface area (TPSA) is 9.03 Å². The zero-order valence-electron chi connectivity index (χ0n) is 18.9. The van der Waals surface area contributed by atoms with Gasteiger partial charge < -0.3 is 0 Å². The van der Waals surface area contributed by atoms with Gasteiger partial charge >= 0.3 is 0 Å². The summed E-state index contributed by atoms with van der Waals surface area (Å²) in [5.41, 5.74) is 4.62. The molecular formula is C29H25ClN2PS+. The second-order valence-electron chi connectivity index (χ2n) is 8.19.